The van der Waals surface area contributed by atoms with Crippen molar-refractivity contribution in [3.05, 3.63) is 70.8 Å². The number of carbonyl (C=O) groups excluding carboxylic acids is 3. The molecule has 0 saturated heterocycles. The van der Waals surface area contributed by atoms with E-state index in [0.717, 1.165) is 19.3 Å². The molecule has 5 nitrogen and oxygen atoms in total. The van der Waals surface area contributed by atoms with Gasteiger partial charge in [-0.25, -0.2) is 0 Å². The summed E-state index contributed by atoms with van der Waals surface area (Å²) in [4.78, 5) is 38.6. The number of esters is 1. The van der Waals surface area contributed by atoms with Gasteiger partial charge in [0.1, 0.15) is 0 Å². The summed E-state index contributed by atoms with van der Waals surface area (Å²) in [6, 6.07) is 14.7. The number of rotatable bonds is 7. The fourth-order valence-electron chi connectivity index (χ4n) is 3.42. The van der Waals surface area contributed by atoms with E-state index in [1.54, 1.807) is 38.4 Å². The van der Waals surface area contributed by atoms with Gasteiger partial charge in [0.2, 0.25) is 6.10 Å². The third-order valence-electron chi connectivity index (χ3n) is 4.99. The molecule has 0 heterocycles. The highest BCUT2D eigenvalue weighted by molar-refractivity contribution is 5.98. The molecule has 1 aliphatic carbocycles. The third kappa shape index (κ3) is 4.66. The Balaban J connectivity index is 1.61. The number of hydrogen-bond donors (Lipinski definition) is 0. The zero-order chi connectivity index (χ0) is 20.1. The quantitative estimate of drug-likeness (QED) is 0.545. The molecule has 0 radical (unpaired) electrons. The molecular formula is C23H25NO4. The molecule has 0 N–H and O–H groups in total. The monoisotopic (exact) mass is 379 g/mol. The number of aryl methyl sites for hydroxylation is 2. The second-order valence-corrected chi connectivity index (χ2v) is 7.27. The number of nitrogens with zero attached hydrogens (tertiary/aromatic N) is 1. The zero-order valence-corrected chi connectivity index (χ0v) is 16.3. The van der Waals surface area contributed by atoms with Gasteiger partial charge < -0.3 is 9.64 Å². The first-order valence-electron chi connectivity index (χ1n) is 9.56. The molecule has 0 aromatic heterocycles. The normalized spacial score (nSPS) is 13.5. The number of ketones is 1. The first kappa shape index (κ1) is 19.8. The molecule has 0 saturated carbocycles. The maximum Gasteiger partial charge on any atom is 0.307 e. The van der Waals surface area contributed by atoms with Crippen LogP contribution in [0.15, 0.2) is 48.5 Å². The van der Waals surface area contributed by atoms with Crippen molar-refractivity contribution in [3.63, 3.8) is 0 Å². The zero-order valence-electron chi connectivity index (χ0n) is 16.3. The number of amides is 1. The highest BCUT2D eigenvalue weighted by atomic mass is 16.5. The number of ether oxygens (including phenoxy) is 1. The summed E-state index contributed by atoms with van der Waals surface area (Å²) in [7, 11) is 3.23. The van der Waals surface area contributed by atoms with Crippen LogP contribution in [0.2, 0.25) is 0 Å². The lowest BCUT2D eigenvalue weighted by molar-refractivity contribution is -0.159. The van der Waals surface area contributed by atoms with Crippen LogP contribution in [-0.2, 0) is 27.2 Å². The van der Waals surface area contributed by atoms with Crippen LogP contribution >= 0.6 is 0 Å². The van der Waals surface area contributed by atoms with Crippen molar-refractivity contribution < 1.29 is 19.1 Å². The summed E-state index contributed by atoms with van der Waals surface area (Å²) in [6.45, 7) is 0. The fourth-order valence-corrected chi connectivity index (χ4v) is 3.42. The molecule has 146 valence electrons. The molecule has 0 spiro atoms. The van der Waals surface area contributed by atoms with Crippen LogP contribution in [0.5, 0.6) is 0 Å². The van der Waals surface area contributed by atoms with Gasteiger partial charge in [-0.05, 0) is 36.5 Å². The molecular weight excluding hydrogens is 354 g/mol. The van der Waals surface area contributed by atoms with E-state index in [2.05, 4.69) is 0 Å². The lowest BCUT2D eigenvalue weighted by atomic mass is 10.0. The van der Waals surface area contributed by atoms with Crippen molar-refractivity contribution in [2.45, 2.75) is 38.2 Å². The molecule has 3 rings (SSSR count). The summed E-state index contributed by atoms with van der Waals surface area (Å²) in [5.74, 6) is -0.954. The standard InChI is InChI=1S/C23H25NO4/c1-24(2)23(27)22(17-7-4-3-5-8-17)28-21(26)14-13-20(25)19-12-11-16-9-6-10-18(16)15-19/h3-5,7-8,11-12,15,22H,6,9-10,13-14H2,1-2H3/t22-/m1/s1. The van der Waals surface area contributed by atoms with Crippen LogP contribution in [0.1, 0.15) is 52.4 Å². The summed E-state index contributed by atoms with van der Waals surface area (Å²) in [5, 5.41) is 0. The van der Waals surface area contributed by atoms with Crippen LogP contribution in [0.25, 0.3) is 0 Å². The van der Waals surface area contributed by atoms with Gasteiger partial charge in [0.05, 0.1) is 6.42 Å². The van der Waals surface area contributed by atoms with Crippen molar-refractivity contribution in [1.82, 2.24) is 4.90 Å². The molecule has 2 aromatic carbocycles. The van der Waals surface area contributed by atoms with Crippen molar-refractivity contribution >= 4 is 17.7 Å². The topological polar surface area (TPSA) is 63.7 Å². The maximum absolute atomic E-state index is 12.5. The molecule has 1 aliphatic rings. The predicted molar refractivity (Wildman–Crippen MR) is 106 cm³/mol. The van der Waals surface area contributed by atoms with Crippen molar-refractivity contribution in [3.8, 4) is 0 Å². The van der Waals surface area contributed by atoms with E-state index < -0.39 is 12.1 Å². The van der Waals surface area contributed by atoms with Crippen molar-refractivity contribution in [2.75, 3.05) is 14.1 Å². The van der Waals surface area contributed by atoms with E-state index >= 15 is 0 Å². The van der Waals surface area contributed by atoms with Gasteiger partial charge in [-0.2, -0.15) is 0 Å². The van der Waals surface area contributed by atoms with E-state index in [1.807, 2.05) is 24.3 Å². The Labute approximate surface area is 165 Å². The molecule has 0 aliphatic heterocycles. The lowest BCUT2D eigenvalue weighted by Gasteiger charge is -2.21. The average molecular weight is 379 g/mol. The van der Waals surface area contributed by atoms with E-state index in [4.69, 9.17) is 4.74 Å². The predicted octanol–water partition coefficient (Wildman–Crippen LogP) is 3.51. The van der Waals surface area contributed by atoms with Gasteiger partial charge >= 0.3 is 5.97 Å². The first-order chi connectivity index (χ1) is 13.5. The molecule has 0 unspecified atom stereocenters. The largest absolute Gasteiger partial charge is 0.447 e. The average Bonchev–Trinajstić information content (AvgIpc) is 3.18. The van der Waals surface area contributed by atoms with Gasteiger partial charge in [-0.1, -0.05) is 42.5 Å². The summed E-state index contributed by atoms with van der Waals surface area (Å²) >= 11 is 0. The number of Topliss-reactive ketones (excluding diaryl/α,β-unsaturated/α-hetero) is 1. The first-order valence-corrected chi connectivity index (χ1v) is 9.56. The smallest absolute Gasteiger partial charge is 0.307 e. The van der Waals surface area contributed by atoms with Crippen LogP contribution in [0.4, 0.5) is 0 Å². The molecule has 1 atom stereocenters. The molecule has 0 bridgehead atoms. The van der Waals surface area contributed by atoms with Gasteiger partial charge in [0.15, 0.2) is 5.78 Å². The van der Waals surface area contributed by atoms with Gasteiger partial charge in [0.25, 0.3) is 5.91 Å². The van der Waals surface area contributed by atoms with Gasteiger partial charge in [-0.15, -0.1) is 0 Å². The molecule has 1 amide bonds. The second kappa shape index (κ2) is 8.83. The van der Waals surface area contributed by atoms with E-state index in [-0.39, 0.29) is 24.5 Å². The second-order valence-electron chi connectivity index (χ2n) is 7.27. The highest BCUT2D eigenvalue weighted by Gasteiger charge is 2.26. The Kier molecular flexibility index (Phi) is 6.24. The Hall–Kier alpha value is -2.95. The van der Waals surface area contributed by atoms with Crippen LogP contribution in [0.3, 0.4) is 0 Å². The number of likely N-dealkylation sites (N-methyl/N-ethyl adjacent to an activating group) is 1. The highest BCUT2D eigenvalue weighted by Crippen LogP contribution is 2.24. The fraction of sp³-hybridized carbons (Fsp3) is 0.348. The van der Waals surface area contributed by atoms with Crippen molar-refractivity contribution in [2.24, 2.45) is 0 Å². The minimum absolute atomic E-state index is 0.0556. The van der Waals surface area contributed by atoms with E-state index in [1.165, 1.54) is 16.0 Å². The Morgan fingerprint density at radius 1 is 0.964 bits per heavy atom. The van der Waals surface area contributed by atoms with E-state index in [9.17, 15) is 14.4 Å². The van der Waals surface area contributed by atoms with Gasteiger partial charge in [0, 0.05) is 31.6 Å². The van der Waals surface area contributed by atoms with Crippen molar-refractivity contribution in [1.29, 1.82) is 0 Å². The lowest BCUT2D eigenvalue weighted by Crippen LogP contribution is -2.31. The molecule has 28 heavy (non-hydrogen) atoms. The molecule has 2 aromatic rings. The van der Waals surface area contributed by atoms with Gasteiger partial charge in [-0.3, -0.25) is 14.4 Å². The van der Waals surface area contributed by atoms with Crippen LogP contribution in [0, 0.1) is 0 Å². The van der Waals surface area contributed by atoms with E-state index in [0.29, 0.717) is 11.1 Å². The van der Waals surface area contributed by atoms with Crippen LogP contribution < -0.4 is 0 Å². The number of fused-ring (bicyclic) bond motifs is 1. The minimum atomic E-state index is -1.00. The minimum Gasteiger partial charge on any atom is -0.447 e. The van der Waals surface area contributed by atoms with Crippen LogP contribution in [-0.4, -0.2) is 36.7 Å². The maximum atomic E-state index is 12.5. The summed E-state index contributed by atoms with van der Waals surface area (Å²) in [6.07, 6.45) is 2.20. The molecule has 5 heteroatoms. The number of carbonyl (C=O) groups is 3. The summed E-state index contributed by atoms with van der Waals surface area (Å²) < 4.78 is 5.44. The Morgan fingerprint density at radius 2 is 1.68 bits per heavy atom. The summed E-state index contributed by atoms with van der Waals surface area (Å²) in [5.41, 5.74) is 3.79. The Morgan fingerprint density at radius 3 is 2.39 bits per heavy atom. The third-order valence-corrected chi connectivity index (χ3v) is 4.99. The SMILES string of the molecule is CN(C)C(=O)[C@H](OC(=O)CCC(=O)c1ccc2c(c1)CCC2)c1ccccc1. The number of benzene rings is 2. The Bertz CT molecular complexity index is 873. The molecule has 0 fully saturated rings. The number of hydrogen-bond acceptors (Lipinski definition) is 4.